The van der Waals surface area contributed by atoms with Crippen molar-refractivity contribution in [2.24, 2.45) is 0 Å². The van der Waals surface area contributed by atoms with Crippen LogP contribution in [0.4, 0.5) is 0 Å². The van der Waals surface area contributed by atoms with E-state index in [1.807, 2.05) is 23.1 Å². The van der Waals surface area contributed by atoms with E-state index in [1.165, 1.54) is 10.4 Å². The van der Waals surface area contributed by atoms with Crippen molar-refractivity contribution in [1.82, 2.24) is 4.90 Å². The Morgan fingerprint density at radius 2 is 1.97 bits per heavy atom. The molecule has 1 aromatic heterocycles. The van der Waals surface area contributed by atoms with E-state index in [-0.39, 0.29) is 18.7 Å². The summed E-state index contributed by atoms with van der Waals surface area (Å²) < 4.78 is 16.7. The van der Waals surface area contributed by atoms with Crippen molar-refractivity contribution in [3.63, 3.8) is 0 Å². The van der Waals surface area contributed by atoms with Gasteiger partial charge in [-0.25, -0.2) is 0 Å². The lowest BCUT2D eigenvalue weighted by Gasteiger charge is -2.37. The average Bonchev–Trinajstić information content (AvgIpc) is 3.41. The Balaban J connectivity index is 1.40. The molecule has 0 spiro atoms. The molecule has 0 bridgehead atoms. The molecule has 148 valence electrons. The molecule has 2 aromatic carbocycles. The molecule has 2 aliphatic rings. The molecule has 5 rings (SSSR count). The van der Waals surface area contributed by atoms with E-state index in [1.54, 1.807) is 36.5 Å². The second-order valence-electron chi connectivity index (χ2n) is 7.17. The normalized spacial score (nSPS) is 18.2. The van der Waals surface area contributed by atoms with Crippen LogP contribution in [0, 0.1) is 0 Å². The zero-order valence-corrected chi connectivity index (χ0v) is 16.9. The number of amides is 1. The Bertz CT molecular complexity index is 1030. The van der Waals surface area contributed by atoms with Crippen LogP contribution in [0.1, 0.15) is 29.0 Å². The van der Waals surface area contributed by atoms with Gasteiger partial charge in [0.15, 0.2) is 17.6 Å². The summed E-state index contributed by atoms with van der Waals surface area (Å²) in [4.78, 5) is 16.7. The van der Waals surface area contributed by atoms with E-state index in [2.05, 4.69) is 23.6 Å². The molecular weight excluding hydrogens is 386 g/mol. The van der Waals surface area contributed by atoms with Gasteiger partial charge < -0.3 is 19.1 Å². The summed E-state index contributed by atoms with van der Waals surface area (Å²) in [5, 5.41) is 2.11. The van der Waals surface area contributed by atoms with Crippen molar-refractivity contribution in [2.75, 3.05) is 13.3 Å². The van der Waals surface area contributed by atoms with Crippen molar-refractivity contribution in [3.05, 3.63) is 76.0 Å². The van der Waals surface area contributed by atoms with Gasteiger partial charge in [-0.05, 0) is 48.1 Å². The van der Waals surface area contributed by atoms with Crippen LogP contribution in [0.2, 0.25) is 0 Å². The molecule has 0 N–H and O–H groups in total. The minimum absolute atomic E-state index is 0.0200. The molecule has 2 atom stereocenters. The third-order valence-electron chi connectivity index (χ3n) is 5.37. The maximum Gasteiger partial charge on any atom is 0.264 e. The molecule has 3 aromatic rings. The van der Waals surface area contributed by atoms with Gasteiger partial charge >= 0.3 is 0 Å². The highest BCUT2D eigenvalue weighted by Gasteiger charge is 2.35. The van der Waals surface area contributed by atoms with Gasteiger partial charge in [-0.15, -0.1) is 11.3 Å². The number of thiophene rings is 1. The number of rotatable bonds is 4. The standard InChI is InChI=1S/C23H21NO4S/c1-15(28-17-7-8-19-20(13-17)27-14-26-19)23(25)24-11-9-21-18(10-12-29-21)22(24)16-5-3-2-4-6-16/h2-8,10,12-13,15,22H,9,11,14H2,1H3/t15-,22+/m1/s1. The fourth-order valence-corrected chi connectivity index (χ4v) is 4.89. The van der Waals surface area contributed by atoms with E-state index in [9.17, 15) is 4.79 Å². The smallest absolute Gasteiger partial charge is 0.264 e. The number of carbonyl (C=O) groups is 1. The number of ether oxygens (including phenoxy) is 3. The first kappa shape index (κ1) is 18.1. The van der Waals surface area contributed by atoms with Crippen LogP contribution in [0.25, 0.3) is 0 Å². The minimum atomic E-state index is -0.609. The van der Waals surface area contributed by atoms with Crippen LogP contribution in [-0.2, 0) is 11.2 Å². The molecule has 0 unspecified atom stereocenters. The van der Waals surface area contributed by atoms with Gasteiger partial charge in [0.2, 0.25) is 6.79 Å². The van der Waals surface area contributed by atoms with Gasteiger partial charge in [0.05, 0.1) is 6.04 Å². The Kier molecular flexibility index (Phi) is 4.64. The van der Waals surface area contributed by atoms with Crippen LogP contribution in [-0.4, -0.2) is 30.2 Å². The van der Waals surface area contributed by atoms with Crippen LogP contribution in [0.15, 0.2) is 60.0 Å². The number of fused-ring (bicyclic) bond motifs is 2. The molecule has 2 aliphatic heterocycles. The second-order valence-corrected chi connectivity index (χ2v) is 8.17. The average molecular weight is 407 g/mol. The Hall–Kier alpha value is -2.99. The molecule has 0 fully saturated rings. The van der Waals surface area contributed by atoms with Gasteiger partial charge in [-0.1, -0.05) is 30.3 Å². The largest absolute Gasteiger partial charge is 0.481 e. The highest BCUT2D eigenvalue weighted by atomic mass is 32.1. The highest BCUT2D eigenvalue weighted by Crippen LogP contribution is 2.39. The summed E-state index contributed by atoms with van der Waals surface area (Å²) >= 11 is 1.76. The number of carbonyl (C=O) groups excluding carboxylic acids is 1. The molecule has 5 nitrogen and oxygen atoms in total. The SMILES string of the molecule is C[C@@H](Oc1ccc2c(c1)OCO2)C(=O)N1CCc2sccc2[C@@H]1c1ccccc1. The van der Waals surface area contributed by atoms with Gasteiger partial charge in [0.1, 0.15) is 5.75 Å². The lowest BCUT2D eigenvalue weighted by atomic mass is 9.93. The number of hydrogen-bond donors (Lipinski definition) is 0. The van der Waals surface area contributed by atoms with Crippen LogP contribution >= 0.6 is 11.3 Å². The predicted octanol–water partition coefficient (Wildman–Crippen LogP) is 4.42. The van der Waals surface area contributed by atoms with E-state index < -0.39 is 6.10 Å². The highest BCUT2D eigenvalue weighted by molar-refractivity contribution is 7.10. The summed E-state index contributed by atoms with van der Waals surface area (Å²) in [5.74, 6) is 1.92. The van der Waals surface area contributed by atoms with Gasteiger partial charge in [-0.3, -0.25) is 4.79 Å². The maximum absolute atomic E-state index is 13.4. The molecule has 0 saturated heterocycles. The molecule has 0 saturated carbocycles. The van der Waals surface area contributed by atoms with E-state index in [0.29, 0.717) is 23.8 Å². The second kappa shape index (κ2) is 7.44. The van der Waals surface area contributed by atoms with Crippen molar-refractivity contribution < 1.29 is 19.0 Å². The molecule has 29 heavy (non-hydrogen) atoms. The van der Waals surface area contributed by atoms with Crippen molar-refractivity contribution >= 4 is 17.2 Å². The van der Waals surface area contributed by atoms with Crippen molar-refractivity contribution in [2.45, 2.75) is 25.5 Å². The first-order valence-corrected chi connectivity index (χ1v) is 10.6. The molecule has 3 heterocycles. The molecule has 0 radical (unpaired) electrons. The first-order valence-electron chi connectivity index (χ1n) is 9.69. The molecule has 6 heteroatoms. The topological polar surface area (TPSA) is 48.0 Å². The fraction of sp³-hybridized carbons (Fsp3) is 0.261. The third kappa shape index (κ3) is 3.34. The Morgan fingerprint density at radius 3 is 2.83 bits per heavy atom. The van der Waals surface area contributed by atoms with E-state index >= 15 is 0 Å². The van der Waals surface area contributed by atoms with Crippen LogP contribution in [0.3, 0.4) is 0 Å². The van der Waals surface area contributed by atoms with Crippen molar-refractivity contribution in [1.29, 1.82) is 0 Å². The summed E-state index contributed by atoms with van der Waals surface area (Å²) in [6, 6.07) is 17.6. The molecule has 0 aliphatic carbocycles. The van der Waals surface area contributed by atoms with Crippen LogP contribution in [0.5, 0.6) is 17.2 Å². The number of nitrogens with zero attached hydrogens (tertiary/aromatic N) is 1. The fourth-order valence-electron chi connectivity index (χ4n) is 3.99. The van der Waals surface area contributed by atoms with Gasteiger partial charge in [-0.2, -0.15) is 0 Å². The summed E-state index contributed by atoms with van der Waals surface area (Å²) in [5.41, 5.74) is 2.34. The lowest BCUT2D eigenvalue weighted by molar-refractivity contribution is -0.140. The summed E-state index contributed by atoms with van der Waals surface area (Å²) in [7, 11) is 0. The quantitative estimate of drug-likeness (QED) is 0.642. The maximum atomic E-state index is 13.4. The third-order valence-corrected chi connectivity index (χ3v) is 6.37. The van der Waals surface area contributed by atoms with Crippen molar-refractivity contribution in [3.8, 4) is 17.2 Å². The number of benzene rings is 2. The zero-order valence-electron chi connectivity index (χ0n) is 16.0. The minimum Gasteiger partial charge on any atom is -0.481 e. The lowest BCUT2D eigenvalue weighted by Crippen LogP contribution is -2.46. The van der Waals surface area contributed by atoms with Gasteiger partial charge in [0, 0.05) is 17.5 Å². The monoisotopic (exact) mass is 407 g/mol. The van der Waals surface area contributed by atoms with Gasteiger partial charge in [0.25, 0.3) is 5.91 Å². The molecule has 1 amide bonds. The predicted molar refractivity (Wildman–Crippen MR) is 111 cm³/mol. The number of hydrogen-bond acceptors (Lipinski definition) is 5. The summed E-state index contributed by atoms with van der Waals surface area (Å²) in [6.07, 6.45) is 0.264. The van der Waals surface area contributed by atoms with E-state index in [4.69, 9.17) is 14.2 Å². The Labute approximate surface area is 173 Å². The Morgan fingerprint density at radius 1 is 1.14 bits per heavy atom. The first-order chi connectivity index (χ1) is 14.2. The van der Waals surface area contributed by atoms with E-state index in [0.717, 1.165) is 12.0 Å². The molecular formula is C23H21NO4S. The summed E-state index contributed by atoms with van der Waals surface area (Å²) in [6.45, 7) is 2.70. The zero-order chi connectivity index (χ0) is 19.8. The van der Waals surface area contributed by atoms with Crippen LogP contribution < -0.4 is 14.2 Å².